The summed E-state index contributed by atoms with van der Waals surface area (Å²) in [5.41, 5.74) is 2.59. The zero-order valence-electron chi connectivity index (χ0n) is 15.1. The van der Waals surface area contributed by atoms with Gasteiger partial charge in [0.1, 0.15) is 0 Å². The van der Waals surface area contributed by atoms with Gasteiger partial charge >= 0.3 is 0 Å². The Morgan fingerprint density at radius 3 is 2.54 bits per heavy atom. The van der Waals surface area contributed by atoms with Gasteiger partial charge in [0.25, 0.3) is 20.3 Å². The van der Waals surface area contributed by atoms with Crippen LogP contribution in [0.1, 0.15) is 28.4 Å². The molecule has 1 heterocycles. The van der Waals surface area contributed by atoms with Crippen molar-refractivity contribution in [2.75, 3.05) is 10.0 Å². The molecule has 0 spiro atoms. The van der Waals surface area contributed by atoms with E-state index in [2.05, 4.69) is 20.2 Å². The number of benzene rings is 2. The molecule has 28 heavy (non-hydrogen) atoms. The number of para-hydroxylation sites is 1. The zero-order valence-corrected chi connectivity index (χ0v) is 17.5. The fourth-order valence-corrected chi connectivity index (χ4v) is 4.68. The van der Waals surface area contributed by atoms with Crippen LogP contribution in [0.25, 0.3) is 0 Å². The summed E-state index contributed by atoms with van der Waals surface area (Å²) >= 11 is 6.58. The van der Waals surface area contributed by atoms with Gasteiger partial charge in [-0.3, -0.25) is 14.8 Å². The number of hydrogen-bond donors (Lipinski definition) is 2. The van der Waals surface area contributed by atoms with Crippen LogP contribution in [0.4, 0.5) is 10.8 Å². The van der Waals surface area contributed by atoms with Gasteiger partial charge in [0, 0.05) is 10.6 Å². The van der Waals surface area contributed by atoms with E-state index in [1.807, 2.05) is 32.0 Å². The highest BCUT2D eigenvalue weighted by Gasteiger charge is 2.23. The highest BCUT2D eigenvalue weighted by molar-refractivity contribution is 7.94. The predicted molar refractivity (Wildman–Crippen MR) is 111 cm³/mol. The number of carbonyl (C=O) groups is 1. The van der Waals surface area contributed by atoms with Crippen LogP contribution in [-0.2, 0) is 16.4 Å². The Morgan fingerprint density at radius 2 is 1.86 bits per heavy atom. The monoisotopic (exact) mass is 436 g/mol. The van der Waals surface area contributed by atoms with Crippen LogP contribution in [0.5, 0.6) is 0 Å². The van der Waals surface area contributed by atoms with Crippen LogP contribution >= 0.6 is 22.9 Å². The third kappa shape index (κ3) is 4.49. The normalized spacial score (nSPS) is 11.2. The van der Waals surface area contributed by atoms with Gasteiger partial charge in [-0.15, -0.1) is 10.2 Å². The smallest absolute Gasteiger partial charge is 0.291 e. The molecule has 0 saturated heterocycles. The maximum atomic E-state index is 12.7. The number of sulfonamides is 1. The number of hydrogen-bond acceptors (Lipinski definition) is 6. The van der Waals surface area contributed by atoms with Crippen molar-refractivity contribution in [1.29, 1.82) is 0 Å². The molecule has 2 N–H and O–H groups in total. The van der Waals surface area contributed by atoms with Gasteiger partial charge < -0.3 is 0 Å². The highest BCUT2D eigenvalue weighted by Crippen LogP contribution is 2.27. The first kappa shape index (κ1) is 20.2. The van der Waals surface area contributed by atoms with Crippen LogP contribution in [-0.4, -0.2) is 24.5 Å². The van der Waals surface area contributed by atoms with Crippen molar-refractivity contribution < 1.29 is 13.2 Å². The van der Waals surface area contributed by atoms with Crippen molar-refractivity contribution in [2.45, 2.75) is 24.6 Å². The van der Waals surface area contributed by atoms with E-state index in [-0.39, 0.29) is 9.47 Å². The summed E-state index contributed by atoms with van der Waals surface area (Å²) in [6.45, 7) is 3.77. The van der Waals surface area contributed by atoms with E-state index in [0.717, 1.165) is 22.5 Å². The molecule has 0 saturated carbocycles. The number of nitrogens with zero attached hydrogens (tertiary/aromatic N) is 2. The lowest BCUT2D eigenvalue weighted by atomic mass is 10.1. The van der Waals surface area contributed by atoms with Gasteiger partial charge in [0.2, 0.25) is 5.13 Å². The van der Waals surface area contributed by atoms with E-state index in [0.29, 0.717) is 22.7 Å². The van der Waals surface area contributed by atoms with Crippen LogP contribution < -0.4 is 10.0 Å². The van der Waals surface area contributed by atoms with Crippen LogP contribution in [0.3, 0.4) is 0 Å². The molecule has 0 fully saturated rings. The second-order valence-electron chi connectivity index (χ2n) is 5.90. The number of nitrogens with one attached hydrogen (secondary N) is 2. The molecule has 0 radical (unpaired) electrons. The summed E-state index contributed by atoms with van der Waals surface area (Å²) in [5.74, 6) is -0.433. The van der Waals surface area contributed by atoms with E-state index >= 15 is 0 Å². The Hall–Kier alpha value is -2.49. The fraction of sp³-hybridized carbons (Fsp3) is 0.167. The van der Waals surface area contributed by atoms with E-state index in [1.54, 1.807) is 24.3 Å². The summed E-state index contributed by atoms with van der Waals surface area (Å²) < 4.78 is 27.7. The number of anilines is 2. The molecule has 146 valence electrons. The van der Waals surface area contributed by atoms with E-state index in [4.69, 9.17) is 11.6 Å². The summed E-state index contributed by atoms with van der Waals surface area (Å²) in [6, 6.07) is 11.9. The quantitative estimate of drug-likeness (QED) is 0.566. The summed E-state index contributed by atoms with van der Waals surface area (Å²) in [7, 11) is -3.93. The molecule has 3 rings (SSSR count). The first-order valence-corrected chi connectivity index (χ1v) is 11.0. The second-order valence-corrected chi connectivity index (χ2v) is 9.17. The third-order valence-corrected chi connectivity index (χ3v) is 6.75. The van der Waals surface area contributed by atoms with Crippen LogP contribution in [0.15, 0.2) is 46.8 Å². The van der Waals surface area contributed by atoms with Gasteiger partial charge in [-0.2, -0.15) is 8.42 Å². The molecular formula is C18H17ClN4O3S2. The van der Waals surface area contributed by atoms with E-state index in [1.165, 1.54) is 0 Å². The minimum atomic E-state index is -3.93. The Morgan fingerprint density at radius 1 is 1.14 bits per heavy atom. The number of carbonyl (C=O) groups excluding carboxylic acids is 1. The lowest BCUT2D eigenvalue weighted by Crippen LogP contribution is -2.15. The second kappa shape index (κ2) is 8.26. The Bertz CT molecular complexity index is 1110. The standard InChI is InChI=1S/C18H17ClN4O3S2/c1-3-12-6-4-5-11(2)15(12)23-28(25,26)18-22-21-17(27-18)20-16(24)13-7-9-14(19)10-8-13/h4-10,23H,3H2,1-2H3,(H,20,21,24). The minimum Gasteiger partial charge on any atom is -0.296 e. The first-order valence-electron chi connectivity index (χ1n) is 8.32. The largest absolute Gasteiger partial charge is 0.296 e. The Balaban J connectivity index is 1.79. The van der Waals surface area contributed by atoms with Crippen molar-refractivity contribution >= 4 is 49.7 Å². The number of aryl methyl sites for hydroxylation is 2. The van der Waals surface area contributed by atoms with Crippen molar-refractivity contribution in [1.82, 2.24) is 10.2 Å². The summed E-state index contributed by atoms with van der Waals surface area (Å²) in [4.78, 5) is 12.2. The Kier molecular flexibility index (Phi) is 5.97. The molecule has 3 aromatic rings. The van der Waals surface area contributed by atoms with Crippen LogP contribution in [0, 0.1) is 6.92 Å². The molecule has 2 aromatic carbocycles. The van der Waals surface area contributed by atoms with Crippen molar-refractivity contribution in [3.63, 3.8) is 0 Å². The number of halogens is 1. The van der Waals surface area contributed by atoms with Gasteiger partial charge in [-0.05, 0) is 48.7 Å². The molecule has 0 aliphatic rings. The Labute approximate surface area is 171 Å². The minimum absolute atomic E-state index is 0.0841. The van der Waals surface area contributed by atoms with Crippen LogP contribution in [0.2, 0.25) is 5.02 Å². The molecule has 1 aromatic heterocycles. The molecule has 7 nitrogen and oxygen atoms in total. The lowest BCUT2D eigenvalue weighted by Gasteiger charge is -2.12. The van der Waals surface area contributed by atoms with Crippen molar-refractivity contribution in [2.24, 2.45) is 0 Å². The average molecular weight is 437 g/mol. The fourth-order valence-electron chi connectivity index (χ4n) is 2.49. The topological polar surface area (TPSA) is 101 Å². The average Bonchev–Trinajstić information content (AvgIpc) is 3.13. The lowest BCUT2D eigenvalue weighted by molar-refractivity contribution is 0.102. The molecule has 0 aliphatic carbocycles. The molecule has 10 heteroatoms. The third-order valence-electron chi connectivity index (χ3n) is 3.94. The van der Waals surface area contributed by atoms with Gasteiger partial charge in [0.15, 0.2) is 0 Å². The molecule has 0 aliphatic heterocycles. The molecule has 1 amide bonds. The highest BCUT2D eigenvalue weighted by atomic mass is 35.5. The number of rotatable bonds is 6. The van der Waals surface area contributed by atoms with Crippen molar-refractivity contribution in [3.05, 3.63) is 64.2 Å². The van der Waals surface area contributed by atoms with E-state index < -0.39 is 15.9 Å². The number of aromatic nitrogens is 2. The molecule has 0 bridgehead atoms. The molecular weight excluding hydrogens is 420 g/mol. The summed E-state index contributed by atoms with van der Waals surface area (Å²) in [6.07, 6.45) is 0.679. The van der Waals surface area contributed by atoms with E-state index in [9.17, 15) is 13.2 Å². The molecule has 0 atom stereocenters. The zero-order chi connectivity index (χ0) is 20.3. The number of amides is 1. The van der Waals surface area contributed by atoms with Crippen molar-refractivity contribution in [3.8, 4) is 0 Å². The first-order chi connectivity index (χ1) is 13.3. The molecule has 0 unspecified atom stereocenters. The van der Waals surface area contributed by atoms with Gasteiger partial charge in [-0.25, -0.2) is 0 Å². The van der Waals surface area contributed by atoms with Gasteiger partial charge in [0.05, 0.1) is 5.69 Å². The maximum absolute atomic E-state index is 12.7. The van der Waals surface area contributed by atoms with Gasteiger partial charge in [-0.1, -0.05) is 48.1 Å². The predicted octanol–water partition coefficient (Wildman–Crippen LogP) is 4.12. The SMILES string of the molecule is CCc1cccc(C)c1NS(=O)(=O)c1nnc(NC(=O)c2ccc(Cl)cc2)s1. The maximum Gasteiger partial charge on any atom is 0.291 e. The summed E-state index contributed by atoms with van der Waals surface area (Å²) in [5, 5.41) is 10.6.